The van der Waals surface area contributed by atoms with E-state index in [0.29, 0.717) is 6.61 Å². The van der Waals surface area contributed by atoms with Gasteiger partial charge in [0, 0.05) is 0 Å². The predicted molar refractivity (Wildman–Crippen MR) is 41.9 cm³/mol. The minimum Gasteiger partial charge on any atom is -0.347 e. The van der Waals surface area contributed by atoms with E-state index in [9.17, 15) is 4.79 Å². The Balaban J connectivity index is 2.45. The molecule has 0 aromatic heterocycles. The van der Waals surface area contributed by atoms with E-state index >= 15 is 0 Å². The van der Waals surface area contributed by atoms with Crippen LogP contribution < -0.4 is 11.3 Å². The van der Waals surface area contributed by atoms with Crippen molar-refractivity contribution in [3.05, 3.63) is 0 Å². The molecule has 0 spiro atoms. The second-order valence-electron chi connectivity index (χ2n) is 3.12. The first-order valence-electron chi connectivity index (χ1n) is 3.87. The molecule has 5 heteroatoms. The van der Waals surface area contributed by atoms with Gasteiger partial charge in [-0.15, -0.1) is 0 Å². The third kappa shape index (κ3) is 2.17. The van der Waals surface area contributed by atoms with E-state index in [-0.39, 0.29) is 18.4 Å². The number of carbonyl (C=O) groups is 1. The fourth-order valence-electron chi connectivity index (χ4n) is 1.22. The Morgan fingerprint density at radius 2 is 2.50 bits per heavy atom. The SMILES string of the molecule is C[C@H]1CO[C@@](C)(CC(=O)NN)O1. The Labute approximate surface area is 71.2 Å². The number of amides is 1. The summed E-state index contributed by atoms with van der Waals surface area (Å²) in [7, 11) is 0. The predicted octanol–water partition coefficient (Wildman–Crippen LogP) is -0.482. The van der Waals surface area contributed by atoms with Crippen LogP contribution in [0.25, 0.3) is 0 Å². The number of hydrogen-bond acceptors (Lipinski definition) is 4. The lowest BCUT2D eigenvalue weighted by atomic mass is 10.2. The smallest absolute Gasteiger partial charge is 0.239 e. The fourth-order valence-corrected chi connectivity index (χ4v) is 1.22. The number of rotatable bonds is 2. The van der Waals surface area contributed by atoms with Gasteiger partial charge in [0.1, 0.15) is 0 Å². The van der Waals surface area contributed by atoms with Crippen molar-refractivity contribution in [3.63, 3.8) is 0 Å². The zero-order valence-electron chi connectivity index (χ0n) is 7.29. The Bertz CT molecular complexity index is 185. The monoisotopic (exact) mass is 174 g/mol. The molecule has 3 N–H and O–H groups in total. The number of hydrogen-bond donors (Lipinski definition) is 2. The third-order valence-corrected chi connectivity index (χ3v) is 1.72. The van der Waals surface area contributed by atoms with E-state index in [2.05, 4.69) is 0 Å². The molecule has 0 aliphatic carbocycles. The molecule has 1 saturated heterocycles. The minimum absolute atomic E-state index is 0.0422. The average molecular weight is 174 g/mol. The molecule has 0 radical (unpaired) electrons. The molecule has 70 valence electrons. The van der Waals surface area contributed by atoms with E-state index < -0.39 is 5.79 Å². The van der Waals surface area contributed by atoms with Crippen LogP contribution in [0.15, 0.2) is 0 Å². The Morgan fingerprint density at radius 1 is 1.83 bits per heavy atom. The number of nitrogens with two attached hydrogens (primary N) is 1. The molecule has 0 aromatic rings. The van der Waals surface area contributed by atoms with Crippen molar-refractivity contribution in [1.29, 1.82) is 0 Å². The number of ether oxygens (including phenoxy) is 2. The van der Waals surface area contributed by atoms with Crippen LogP contribution in [0.1, 0.15) is 20.3 Å². The topological polar surface area (TPSA) is 73.6 Å². The maximum atomic E-state index is 10.9. The van der Waals surface area contributed by atoms with Crippen molar-refractivity contribution in [3.8, 4) is 0 Å². The number of hydrazine groups is 1. The highest BCUT2D eigenvalue weighted by Gasteiger charge is 2.36. The van der Waals surface area contributed by atoms with Crippen molar-refractivity contribution in [2.45, 2.75) is 32.2 Å². The molecule has 5 nitrogen and oxygen atoms in total. The van der Waals surface area contributed by atoms with Crippen LogP contribution >= 0.6 is 0 Å². The lowest BCUT2D eigenvalue weighted by molar-refractivity contribution is -0.165. The molecule has 12 heavy (non-hydrogen) atoms. The minimum atomic E-state index is -0.803. The summed E-state index contributed by atoms with van der Waals surface area (Å²) in [6, 6.07) is 0. The third-order valence-electron chi connectivity index (χ3n) is 1.72. The van der Waals surface area contributed by atoms with Gasteiger partial charge in [-0.25, -0.2) is 5.84 Å². The lowest BCUT2D eigenvalue weighted by Crippen LogP contribution is -2.38. The molecule has 0 unspecified atom stereocenters. The Morgan fingerprint density at radius 3 is 2.92 bits per heavy atom. The summed E-state index contributed by atoms with van der Waals surface area (Å²) in [6.45, 7) is 4.14. The van der Waals surface area contributed by atoms with Crippen LogP contribution in [0, 0.1) is 0 Å². The van der Waals surface area contributed by atoms with E-state index in [1.165, 1.54) is 0 Å². The highest BCUT2D eigenvalue weighted by Crippen LogP contribution is 2.25. The first-order valence-corrected chi connectivity index (χ1v) is 3.87. The molecule has 1 heterocycles. The van der Waals surface area contributed by atoms with Gasteiger partial charge in [0.2, 0.25) is 5.91 Å². The van der Waals surface area contributed by atoms with Gasteiger partial charge in [0.25, 0.3) is 0 Å². The summed E-state index contributed by atoms with van der Waals surface area (Å²) in [5, 5.41) is 0. The normalized spacial score (nSPS) is 35.1. The molecule has 0 saturated carbocycles. The summed E-state index contributed by atoms with van der Waals surface area (Å²) in [6.07, 6.45) is 0.175. The van der Waals surface area contributed by atoms with E-state index in [0.717, 1.165) is 0 Å². The largest absolute Gasteiger partial charge is 0.347 e. The summed E-state index contributed by atoms with van der Waals surface area (Å²) < 4.78 is 10.7. The lowest BCUT2D eigenvalue weighted by Gasteiger charge is -2.21. The van der Waals surface area contributed by atoms with Crippen molar-refractivity contribution in [1.82, 2.24) is 5.43 Å². The standard InChI is InChI=1S/C7H14N2O3/c1-5-4-11-7(2,12-5)3-6(10)9-8/h5H,3-4,8H2,1-2H3,(H,9,10)/t5-,7+/m0/s1. The summed E-state index contributed by atoms with van der Waals surface area (Å²) in [5.41, 5.74) is 2.03. The van der Waals surface area contributed by atoms with Gasteiger partial charge in [-0.1, -0.05) is 0 Å². The molecular weight excluding hydrogens is 160 g/mol. The van der Waals surface area contributed by atoms with Gasteiger partial charge in [0.15, 0.2) is 5.79 Å². The highest BCUT2D eigenvalue weighted by molar-refractivity contribution is 5.76. The molecule has 0 bridgehead atoms. The van der Waals surface area contributed by atoms with E-state index in [1.54, 1.807) is 6.92 Å². The van der Waals surface area contributed by atoms with Crippen molar-refractivity contribution >= 4 is 5.91 Å². The van der Waals surface area contributed by atoms with Crippen LogP contribution in [-0.2, 0) is 14.3 Å². The summed E-state index contributed by atoms with van der Waals surface area (Å²) in [5.74, 6) is 3.84. The van der Waals surface area contributed by atoms with E-state index in [1.807, 2.05) is 12.3 Å². The molecular formula is C7H14N2O3. The van der Waals surface area contributed by atoms with Crippen molar-refractivity contribution < 1.29 is 14.3 Å². The van der Waals surface area contributed by atoms with Gasteiger partial charge >= 0.3 is 0 Å². The van der Waals surface area contributed by atoms with Crippen LogP contribution in [-0.4, -0.2) is 24.4 Å². The second kappa shape index (κ2) is 3.38. The van der Waals surface area contributed by atoms with Crippen molar-refractivity contribution in [2.24, 2.45) is 5.84 Å². The first kappa shape index (κ1) is 9.44. The molecule has 1 fully saturated rings. The zero-order valence-corrected chi connectivity index (χ0v) is 7.29. The molecule has 1 amide bonds. The molecule has 0 aromatic carbocycles. The quantitative estimate of drug-likeness (QED) is 0.337. The van der Waals surface area contributed by atoms with Crippen LogP contribution in [0.5, 0.6) is 0 Å². The summed E-state index contributed by atoms with van der Waals surface area (Å²) in [4.78, 5) is 10.9. The molecule has 1 rings (SSSR count). The number of nitrogens with one attached hydrogen (secondary N) is 1. The summed E-state index contributed by atoms with van der Waals surface area (Å²) >= 11 is 0. The molecule has 1 aliphatic heterocycles. The van der Waals surface area contributed by atoms with Gasteiger partial charge in [-0.3, -0.25) is 10.2 Å². The number of carbonyl (C=O) groups excluding carboxylic acids is 1. The van der Waals surface area contributed by atoms with Crippen LogP contribution in [0.2, 0.25) is 0 Å². The molecule has 1 aliphatic rings. The van der Waals surface area contributed by atoms with Gasteiger partial charge in [-0.2, -0.15) is 0 Å². The van der Waals surface area contributed by atoms with Gasteiger partial charge in [0.05, 0.1) is 19.1 Å². The Kier molecular flexibility index (Phi) is 2.66. The van der Waals surface area contributed by atoms with E-state index in [4.69, 9.17) is 15.3 Å². The van der Waals surface area contributed by atoms with Gasteiger partial charge in [-0.05, 0) is 13.8 Å². The highest BCUT2D eigenvalue weighted by atomic mass is 16.7. The zero-order chi connectivity index (χ0) is 9.19. The first-order chi connectivity index (χ1) is 5.56. The molecule has 2 atom stereocenters. The maximum Gasteiger partial charge on any atom is 0.239 e. The van der Waals surface area contributed by atoms with Gasteiger partial charge < -0.3 is 9.47 Å². The Hall–Kier alpha value is -0.650. The fraction of sp³-hybridized carbons (Fsp3) is 0.857. The van der Waals surface area contributed by atoms with Crippen LogP contribution in [0.3, 0.4) is 0 Å². The average Bonchev–Trinajstić information content (AvgIpc) is 2.30. The van der Waals surface area contributed by atoms with Crippen molar-refractivity contribution in [2.75, 3.05) is 6.61 Å². The second-order valence-corrected chi connectivity index (χ2v) is 3.12. The maximum absolute atomic E-state index is 10.9. The van der Waals surface area contributed by atoms with Crippen LogP contribution in [0.4, 0.5) is 0 Å².